The molecular weight excluding hydrogens is 294 g/mol. The Bertz CT molecular complexity index is 468. The molecule has 18 heavy (non-hydrogen) atoms. The third-order valence-electron chi connectivity index (χ3n) is 2.42. The lowest BCUT2D eigenvalue weighted by Gasteiger charge is -2.16. The van der Waals surface area contributed by atoms with Crippen LogP contribution in [-0.4, -0.2) is 18.5 Å². The van der Waals surface area contributed by atoms with Crippen molar-refractivity contribution in [2.75, 3.05) is 11.9 Å². The zero-order chi connectivity index (χ0) is 13.5. The van der Waals surface area contributed by atoms with Crippen LogP contribution in [0, 0.1) is 11.3 Å². The number of hydrogen-bond acceptors (Lipinski definition) is 3. The molecule has 1 unspecified atom stereocenters. The number of rotatable bonds is 5. The summed E-state index contributed by atoms with van der Waals surface area (Å²) >= 11 is 3.31. The quantitative estimate of drug-likeness (QED) is 0.879. The van der Waals surface area contributed by atoms with E-state index in [9.17, 15) is 4.79 Å². The third-order valence-corrected chi connectivity index (χ3v) is 2.91. The number of hydrogen-bond donors (Lipinski definition) is 2. The van der Waals surface area contributed by atoms with Crippen molar-refractivity contribution in [3.05, 3.63) is 28.2 Å². The fourth-order valence-electron chi connectivity index (χ4n) is 1.43. The molecule has 0 radical (unpaired) electrons. The van der Waals surface area contributed by atoms with E-state index in [0.29, 0.717) is 17.8 Å². The Morgan fingerprint density at radius 1 is 1.56 bits per heavy atom. The van der Waals surface area contributed by atoms with E-state index in [2.05, 4.69) is 32.6 Å². The fraction of sp³-hybridized carbons (Fsp3) is 0.385. The summed E-state index contributed by atoms with van der Waals surface area (Å²) in [5.41, 5.74) is 1.18. The monoisotopic (exact) mass is 309 g/mol. The van der Waals surface area contributed by atoms with Gasteiger partial charge in [0, 0.05) is 11.0 Å². The second-order valence-corrected chi connectivity index (χ2v) is 4.87. The Labute approximate surface area is 116 Å². The predicted octanol–water partition coefficient (Wildman–Crippen LogP) is 2.65. The summed E-state index contributed by atoms with van der Waals surface area (Å²) in [6.07, 6.45) is 0.903. The summed E-state index contributed by atoms with van der Waals surface area (Å²) in [5, 5.41) is 14.9. The third kappa shape index (κ3) is 4.04. The Balaban J connectivity index is 2.73. The maximum absolute atomic E-state index is 11.7. The van der Waals surface area contributed by atoms with Crippen molar-refractivity contribution >= 4 is 27.5 Å². The molecule has 0 aliphatic carbocycles. The van der Waals surface area contributed by atoms with Crippen LogP contribution in [-0.2, 0) is 4.79 Å². The van der Waals surface area contributed by atoms with Gasteiger partial charge in [-0.1, -0.05) is 22.9 Å². The van der Waals surface area contributed by atoms with E-state index in [1.807, 2.05) is 13.0 Å². The SMILES string of the molecule is CCCNC(=O)C(C)Nc1ccc(Br)cc1C#N. The van der Waals surface area contributed by atoms with Gasteiger partial charge in [-0.05, 0) is 31.5 Å². The normalized spacial score (nSPS) is 11.4. The first kappa shape index (κ1) is 14.5. The van der Waals surface area contributed by atoms with E-state index in [1.54, 1.807) is 19.1 Å². The van der Waals surface area contributed by atoms with Crippen LogP contribution in [0.4, 0.5) is 5.69 Å². The highest BCUT2D eigenvalue weighted by atomic mass is 79.9. The van der Waals surface area contributed by atoms with Crippen LogP contribution in [0.5, 0.6) is 0 Å². The maximum atomic E-state index is 11.7. The van der Waals surface area contributed by atoms with Crippen LogP contribution in [0.15, 0.2) is 22.7 Å². The number of halogens is 1. The molecule has 1 atom stereocenters. The van der Waals surface area contributed by atoms with Crippen molar-refractivity contribution in [2.45, 2.75) is 26.3 Å². The van der Waals surface area contributed by atoms with Gasteiger partial charge in [0.1, 0.15) is 12.1 Å². The molecule has 0 aliphatic heterocycles. The van der Waals surface area contributed by atoms with E-state index in [0.717, 1.165) is 10.9 Å². The van der Waals surface area contributed by atoms with Crippen molar-refractivity contribution in [2.24, 2.45) is 0 Å². The lowest BCUT2D eigenvalue weighted by molar-refractivity contribution is -0.121. The lowest BCUT2D eigenvalue weighted by atomic mass is 10.1. The molecule has 0 aromatic heterocycles. The van der Waals surface area contributed by atoms with Crippen molar-refractivity contribution in [3.8, 4) is 6.07 Å². The first-order valence-electron chi connectivity index (χ1n) is 5.82. The molecule has 5 heteroatoms. The lowest BCUT2D eigenvalue weighted by Crippen LogP contribution is -2.38. The molecule has 0 saturated carbocycles. The zero-order valence-corrected chi connectivity index (χ0v) is 12.0. The van der Waals surface area contributed by atoms with E-state index in [1.165, 1.54) is 0 Å². The van der Waals surface area contributed by atoms with Crippen molar-refractivity contribution in [1.82, 2.24) is 5.32 Å². The molecule has 1 aromatic rings. The summed E-state index contributed by atoms with van der Waals surface area (Å²) < 4.78 is 0.840. The van der Waals surface area contributed by atoms with E-state index >= 15 is 0 Å². The molecule has 0 bridgehead atoms. The Morgan fingerprint density at radius 2 is 2.28 bits per heavy atom. The second-order valence-electron chi connectivity index (χ2n) is 3.96. The van der Waals surface area contributed by atoms with Gasteiger partial charge < -0.3 is 10.6 Å². The number of nitrogens with one attached hydrogen (secondary N) is 2. The Hall–Kier alpha value is -1.54. The smallest absolute Gasteiger partial charge is 0.242 e. The van der Waals surface area contributed by atoms with E-state index in [-0.39, 0.29) is 11.9 Å². The number of nitrogens with zero attached hydrogens (tertiary/aromatic N) is 1. The molecule has 1 aromatic carbocycles. The molecule has 96 valence electrons. The van der Waals surface area contributed by atoms with Crippen LogP contribution in [0.3, 0.4) is 0 Å². The van der Waals surface area contributed by atoms with Gasteiger partial charge in [0.25, 0.3) is 0 Å². The molecule has 0 spiro atoms. The summed E-state index contributed by atoms with van der Waals surface area (Å²) in [6, 6.07) is 7.07. The maximum Gasteiger partial charge on any atom is 0.242 e. The molecule has 0 heterocycles. The highest BCUT2D eigenvalue weighted by Crippen LogP contribution is 2.20. The highest BCUT2D eigenvalue weighted by molar-refractivity contribution is 9.10. The van der Waals surface area contributed by atoms with Crippen LogP contribution < -0.4 is 10.6 Å². The van der Waals surface area contributed by atoms with Gasteiger partial charge in [-0.25, -0.2) is 0 Å². The minimum atomic E-state index is -0.371. The largest absolute Gasteiger partial charge is 0.373 e. The first-order chi connectivity index (χ1) is 8.58. The summed E-state index contributed by atoms with van der Waals surface area (Å²) in [7, 11) is 0. The number of carbonyl (C=O) groups is 1. The fourth-order valence-corrected chi connectivity index (χ4v) is 1.80. The average Bonchev–Trinajstić information content (AvgIpc) is 2.37. The average molecular weight is 310 g/mol. The van der Waals surface area contributed by atoms with Crippen LogP contribution in [0.25, 0.3) is 0 Å². The Kier molecular flexibility index (Phi) is 5.66. The van der Waals surface area contributed by atoms with Crippen LogP contribution >= 0.6 is 15.9 Å². The van der Waals surface area contributed by atoms with Gasteiger partial charge in [-0.3, -0.25) is 4.79 Å². The van der Waals surface area contributed by atoms with Crippen molar-refractivity contribution < 1.29 is 4.79 Å². The van der Waals surface area contributed by atoms with Gasteiger partial charge in [0.2, 0.25) is 5.91 Å². The molecule has 1 amide bonds. The molecule has 2 N–H and O–H groups in total. The summed E-state index contributed by atoms with van der Waals surface area (Å²) in [5.74, 6) is -0.0661. The van der Waals surface area contributed by atoms with E-state index in [4.69, 9.17) is 5.26 Å². The topological polar surface area (TPSA) is 64.9 Å². The highest BCUT2D eigenvalue weighted by Gasteiger charge is 2.13. The van der Waals surface area contributed by atoms with Gasteiger partial charge in [0.15, 0.2) is 0 Å². The summed E-state index contributed by atoms with van der Waals surface area (Å²) in [4.78, 5) is 11.7. The standard InChI is InChI=1S/C13H16BrN3O/c1-3-6-16-13(18)9(2)17-12-5-4-11(14)7-10(12)8-15/h4-5,7,9,17H,3,6H2,1-2H3,(H,16,18). The Morgan fingerprint density at radius 3 is 2.89 bits per heavy atom. The minimum Gasteiger partial charge on any atom is -0.373 e. The molecule has 0 fully saturated rings. The number of carbonyl (C=O) groups excluding carboxylic acids is 1. The van der Waals surface area contributed by atoms with Gasteiger partial charge >= 0.3 is 0 Å². The van der Waals surface area contributed by atoms with Gasteiger partial charge in [-0.2, -0.15) is 5.26 Å². The number of anilines is 1. The van der Waals surface area contributed by atoms with Crippen molar-refractivity contribution in [3.63, 3.8) is 0 Å². The van der Waals surface area contributed by atoms with Crippen LogP contribution in [0.1, 0.15) is 25.8 Å². The molecule has 0 aliphatic rings. The van der Waals surface area contributed by atoms with Gasteiger partial charge in [0.05, 0.1) is 11.3 Å². The molecular formula is C13H16BrN3O. The number of benzene rings is 1. The number of amides is 1. The molecule has 0 saturated heterocycles. The second kappa shape index (κ2) is 7.02. The summed E-state index contributed by atoms with van der Waals surface area (Å²) in [6.45, 7) is 4.44. The first-order valence-corrected chi connectivity index (χ1v) is 6.61. The predicted molar refractivity (Wildman–Crippen MR) is 75.2 cm³/mol. The van der Waals surface area contributed by atoms with Crippen molar-refractivity contribution in [1.29, 1.82) is 5.26 Å². The van der Waals surface area contributed by atoms with Crippen LogP contribution in [0.2, 0.25) is 0 Å². The van der Waals surface area contributed by atoms with Gasteiger partial charge in [-0.15, -0.1) is 0 Å². The molecule has 4 nitrogen and oxygen atoms in total. The minimum absolute atomic E-state index is 0.0661. The zero-order valence-electron chi connectivity index (χ0n) is 10.5. The number of nitriles is 1. The van der Waals surface area contributed by atoms with E-state index < -0.39 is 0 Å². The molecule has 1 rings (SSSR count).